The van der Waals surface area contributed by atoms with Gasteiger partial charge in [-0.2, -0.15) is 4.31 Å². The van der Waals surface area contributed by atoms with Crippen LogP contribution in [0.4, 0.5) is 0 Å². The molecule has 0 bridgehead atoms. The molecule has 6 nitrogen and oxygen atoms in total. The smallest absolute Gasteiger partial charge is 0.337 e. The molecule has 0 radical (unpaired) electrons. The van der Waals surface area contributed by atoms with E-state index >= 15 is 0 Å². The molecule has 1 rings (SSSR count). The zero-order valence-corrected chi connectivity index (χ0v) is 11.4. The summed E-state index contributed by atoms with van der Waals surface area (Å²) >= 11 is 0. The number of sulfonamides is 1. The SMILES string of the molecule is CCN(CCCO)S(=O)(=O)c1ccccc1C(=O)O. The van der Waals surface area contributed by atoms with E-state index in [9.17, 15) is 13.2 Å². The van der Waals surface area contributed by atoms with Crippen molar-refractivity contribution in [1.82, 2.24) is 4.31 Å². The predicted molar refractivity (Wildman–Crippen MR) is 69.5 cm³/mol. The van der Waals surface area contributed by atoms with E-state index < -0.39 is 16.0 Å². The summed E-state index contributed by atoms with van der Waals surface area (Å²) in [5.41, 5.74) is -0.245. The Hall–Kier alpha value is -1.44. The molecule has 7 heteroatoms. The Morgan fingerprint density at radius 3 is 2.47 bits per heavy atom. The van der Waals surface area contributed by atoms with Gasteiger partial charge in [-0.1, -0.05) is 19.1 Å². The average Bonchev–Trinajstić information content (AvgIpc) is 2.39. The fourth-order valence-electron chi connectivity index (χ4n) is 1.70. The molecule has 0 aliphatic rings. The summed E-state index contributed by atoms with van der Waals surface area (Å²) < 4.78 is 25.9. The second-order valence-corrected chi connectivity index (χ2v) is 5.78. The fourth-order valence-corrected chi connectivity index (χ4v) is 3.37. The molecule has 0 atom stereocenters. The van der Waals surface area contributed by atoms with E-state index in [1.165, 1.54) is 24.3 Å². The van der Waals surface area contributed by atoms with Crippen LogP contribution < -0.4 is 0 Å². The highest BCUT2D eigenvalue weighted by Crippen LogP contribution is 2.20. The lowest BCUT2D eigenvalue weighted by Crippen LogP contribution is -2.33. The number of aliphatic hydroxyl groups excluding tert-OH is 1. The van der Waals surface area contributed by atoms with Crippen molar-refractivity contribution in [1.29, 1.82) is 0 Å². The standard InChI is InChI=1S/C12H17NO5S/c1-2-13(8-5-9-14)19(17,18)11-7-4-3-6-10(11)12(15)16/h3-4,6-7,14H,2,5,8-9H2,1H3,(H,15,16). The van der Waals surface area contributed by atoms with Crippen molar-refractivity contribution in [3.63, 3.8) is 0 Å². The van der Waals surface area contributed by atoms with E-state index in [4.69, 9.17) is 10.2 Å². The molecular weight excluding hydrogens is 270 g/mol. The average molecular weight is 287 g/mol. The van der Waals surface area contributed by atoms with Crippen LogP contribution in [0.5, 0.6) is 0 Å². The van der Waals surface area contributed by atoms with Crippen LogP contribution in [0.2, 0.25) is 0 Å². The third-order valence-corrected chi connectivity index (χ3v) is 4.69. The monoisotopic (exact) mass is 287 g/mol. The number of rotatable bonds is 7. The first-order valence-corrected chi connectivity index (χ1v) is 7.32. The summed E-state index contributed by atoms with van der Waals surface area (Å²) in [5, 5.41) is 17.8. The van der Waals surface area contributed by atoms with Crippen LogP contribution in [0.1, 0.15) is 23.7 Å². The molecule has 2 N–H and O–H groups in total. The first-order chi connectivity index (χ1) is 8.95. The van der Waals surface area contributed by atoms with Gasteiger partial charge in [0.25, 0.3) is 0 Å². The number of hydrogen-bond acceptors (Lipinski definition) is 4. The predicted octanol–water partition coefficient (Wildman–Crippen LogP) is 0.778. The first kappa shape index (κ1) is 15.6. The van der Waals surface area contributed by atoms with Crippen LogP contribution in [0.15, 0.2) is 29.2 Å². The molecule has 0 saturated carbocycles. The van der Waals surface area contributed by atoms with E-state index in [2.05, 4.69) is 0 Å². The zero-order valence-electron chi connectivity index (χ0n) is 10.6. The summed E-state index contributed by atoms with van der Waals surface area (Å²) in [7, 11) is -3.86. The fraction of sp³-hybridized carbons (Fsp3) is 0.417. The van der Waals surface area contributed by atoms with Gasteiger partial charge in [-0.25, -0.2) is 13.2 Å². The molecule has 0 saturated heterocycles. The Bertz CT molecular complexity index is 541. The van der Waals surface area contributed by atoms with Gasteiger partial charge < -0.3 is 10.2 Å². The van der Waals surface area contributed by atoms with Crippen molar-refractivity contribution < 1.29 is 23.4 Å². The number of carboxylic acid groups (broad SMARTS) is 1. The third kappa shape index (κ3) is 3.52. The van der Waals surface area contributed by atoms with Gasteiger partial charge in [-0.05, 0) is 18.6 Å². The summed E-state index contributed by atoms with van der Waals surface area (Å²) in [4.78, 5) is 10.9. The molecule has 0 aliphatic heterocycles. The van der Waals surface area contributed by atoms with E-state index in [0.29, 0.717) is 6.42 Å². The number of aliphatic hydroxyl groups is 1. The Morgan fingerprint density at radius 1 is 1.32 bits per heavy atom. The second-order valence-electron chi connectivity index (χ2n) is 3.88. The highest BCUT2D eigenvalue weighted by atomic mass is 32.2. The normalized spacial score (nSPS) is 11.7. The second kappa shape index (κ2) is 6.65. The highest BCUT2D eigenvalue weighted by molar-refractivity contribution is 7.89. The minimum Gasteiger partial charge on any atom is -0.478 e. The van der Waals surface area contributed by atoms with Crippen molar-refractivity contribution in [2.24, 2.45) is 0 Å². The van der Waals surface area contributed by atoms with E-state index in [1.807, 2.05) is 0 Å². The number of aromatic carboxylic acids is 1. The van der Waals surface area contributed by atoms with Crippen LogP contribution in [0.3, 0.4) is 0 Å². The summed E-state index contributed by atoms with van der Waals surface area (Å²) in [6, 6.07) is 5.50. The van der Waals surface area contributed by atoms with Gasteiger partial charge in [0.05, 0.1) is 10.5 Å². The molecule has 0 aromatic heterocycles. The number of carboxylic acids is 1. The lowest BCUT2D eigenvalue weighted by Gasteiger charge is -2.20. The van der Waals surface area contributed by atoms with Crippen molar-refractivity contribution in [3.8, 4) is 0 Å². The molecule has 0 fully saturated rings. The number of benzene rings is 1. The van der Waals surface area contributed by atoms with Gasteiger partial charge in [0.2, 0.25) is 10.0 Å². The molecule has 106 valence electrons. The Balaban J connectivity index is 3.22. The maximum atomic E-state index is 12.4. The lowest BCUT2D eigenvalue weighted by molar-refractivity contribution is 0.0692. The quantitative estimate of drug-likeness (QED) is 0.772. The maximum Gasteiger partial charge on any atom is 0.337 e. The molecule has 0 unspecified atom stereocenters. The number of carbonyl (C=O) groups is 1. The molecule has 0 amide bonds. The molecule has 1 aromatic carbocycles. The summed E-state index contributed by atoms with van der Waals surface area (Å²) in [6.07, 6.45) is 0.308. The largest absolute Gasteiger partial charge is 0.478 e. The van der Waals surface area contributed by atoms with Gasteiger partial charge in [0.15, 0.2) is 0 Å². The highest BCUT2D eigenvalue weighted by Gasteiger charge is 2.27. The van der Waals surface area contributed by atoms with Gasteiger partial charge >= 0.3 is 5.97 Å². The molecular formula is C12H17NO5S. The Labute approximate surface area is 112 Å². The minimum absolute atomic E-state index is 0.118. The zero-order chi connectivity index (χ0) is 14.5. The Kier molecular flexibility index (Phi) is 5.46. The molecule has 19 heavy (non-hydrogen) atoms. The Morgan fingerprint density at radius 2 is 1.95 bits per heavy atom. The van der Waals surface area contributed by atoms with E-state index in [1.54, 1.807) is 6.92 Å². The first-order valence-electron chi connectivity index (χ1n) is 5.88. The third-order valence-electron chi connectivity index (χ3n) is 2.65. The van der Waals surface area contributed by atoms with Gasteiger partial charge in [0, 0.05) is 19.7 Å². The van der Waals surface area contributed by atoms with Crippen LogP contribution in [-0.4, -0.2) is 48.6 Å². The van der Waals surface area contributed by atoms with Gasteiger partial charge in [-0.3, -0.25) is 0 Å². The van der Waals surface area contributed by atoms with Crippen LogP contribution >= 0.6 is 0 Å². The van der Waals surface area contributed by atoms with E-state index in [-0.39, 0.29) is 30.2 Å². The van der Waals surface area contributed by atoms with Crippen LogP contribution in [0.25, 0.3) is 0 Å². The van der Waals surface area contributed by atoms with Crippen molar-refractivity contribution in [2.45, 2.75) is 18.2 Å². The number of hydrogen-bond donors (Lipinski definition) is 2. The number of nitrogens with zero attached hydrogens (tertiary/aromatic N) is 1. The van der Waals surface area contributed by atoms with Crippen molar-refractivity contribution in [3.05, 3.63) is 29.8 Å². The van der Waals surface area contributed by atoms with Crippen molar-refractivity contribution in [2.75, 3.05) is 19.7 Å². The summed E-state index contributed by atoms with van der Waals surface area (Å²) in [5.74, 6) is -1.28. The van der Waals surface area contributed by atoms with Gasteiger partial charge in [-0.15, -0.1) is 0 Å². The maximum absolute atomic E-state index is 12.4. The molecule has 1 aromatic rings. The molecule has 0 spiro atoms. The summed E-state index contributed by atoms with van der Waals surface area (Å²) in [6.45, 7) is 1.92. The lowest BCUT2D eigenvalue weighted by atomic mass is 10.2. The molecule has 0 aliphatic carbocycles. The van der Waals surface area contributed by atoms with E-state index in [0.717, 1.165) is 4.31 Å². The van der Waals surface area contributed by atoms with Gasteiger partial charge in [0.1, 0.15) is 0 Å². The molecule has 0 heterocycles. The minimum atomic E-state index is -3.86. The topological polar surface area (TPSA) is 94.9 Å². The van der Waals surface area contributed by atoms with Crippen molar-refractivity contribution >= 4 is 16.0 Å². The van der Waals surface area contributed by atoms with Crippen LogP contribution in [-0.2, 0) is 10.0 Å². The van der Waals surface area contributed by atoms with Crippen LogP contribution in [0, 0.1) is 0 Å².